The smallest absolute Gasteiger partial charge is 0.222 e. The van der Waals surface area contributed by atoms with E-state index in [2.05, 4.69) is 30.4 Å². The third-order valence-electron chi connectivity index (χ3n) is 4.00. The molecule has 0 radical (unpaired) electrons. The second kappa shape index (κ2) is 4.94. The van der Waals surface area contributed by atoms with E-state index in [9.17, 15) is 4.79 Å². The molecule has 0 bridgehead atoms. The number of carbonyl (C=O) groups excluding carboxylic acids is 1. The summed E-state index contributed by atoms with van der Waals surface area (Å²) in [6.07, 6.45) is 6.23. The number of hydrogen-bond acceptors (Lipinski definition) is 3. The van der Waals surface area contributed by atoms with E-state index in [0.29, 0.717) is 24.3 Å². The lowest BCUT2D eigenvalue weighted by atomic mass is 10.1. The lowest BCUT2D eigenvalue weighted by Gasteiger charge is -2.17. The van der Waals surface area contributed by atoms with E-state index in [-0.39, 0.29) is 5.91 Å². The van der Waals surface area contributed by atoms with Gasteiger partial charge in [0.05, 0.1) is 11.7 Å². The molecule has 5 heteroatoms. The third-order valence-corrected chi connectivity index (χ3v) is 4.00. The van der Waals surface area contributed by atoms with Crippen LogP contribution in [0.25, 0.3) is 0 Å². The van der Waals surface area contributed by atoms with E-state index in [4.69, 9.17) is 0 Å². The Hall–Kier alpha value is -1.39. The summed E-state index contributed by atoms with van der Waals surface area (Å²) in [7, 11) is 0. The maximum absolute atomic E-state index is 12.0. The highest BCUT2D eigenvalue weighted by atomic mass is 16.2. The Balaban J connectivity index is 1.59. The molecule has 1 saturated heterocycles. The van der Waals surface area contributed by atoms with Gasteiger partial charge in [0.1, 0.15) is 0 Å². The first-order chi connectivity index (χ1) is 9.13. The van der Waals surface area contributed by atoms with E-state index >= 15 is 0 Å². The monoisotopic (exact) mass is 262 g/mol. The van der Waals surface area contributed by atoms with Gasteiger partial charge < -0.3 is 4.90 Å². The Morgan fingerprint density at radius 2 is 2.21 bits per heavy atom. The first kappa shape index (κ1) is 12.6. The third kappa shape index (κ3) is 2.80. The lowest BCUT2D eigenvalue weighted by molar-refractivity contribution is -0.131. The fourth-order valence-electron chi connectivity index (χ4n) is 2.70. The van der Waals surface area contributed by atoms with E-state index in [1.54, 1.807) is 0 Å². The lowest BCUT2D eigenvalue weighted by Crippen LogP contribution is -2.30. The average molecular weight is 262 g/mol. The van der Waals surface area contributed by atoms with Crippen LogP contribution in [-0.2, 0) is 4.79 Å². The minimum atomic E-state index is 0.278. The Kier molecular flexibility index (Phi) is 3.29. The van der Waals surface area contributed by atoms with Crippen LogP contribution in [0.4, 0.5) is 0 Å². The molecule has 19 heavy (non-hydrogen) atoms. The van der Waals surface area contributed by atoms with Gasteiger partial charge in [-0.15, -0.1) is 5.10 Å². The molecule has 1 saturated carbocycles. The van der Waals surface area contributed by atoms with Gasteiger partial charge in [0, 0.05) is 31.6 Å². The number of amides is 1. The van der Waals surface area contributed by atoms with Crippen LogP contribution in [-0.4, -0.2) is 38.9 Å². The molecule has 0 aromatic carbocycles. The Morgan fingerprint density at radius 1 is 1.42 bits per heavy atom. The summed E-state index contributed by atoms with van der Waals surface area (Å²) >= 11 is 0. The van der Waals surface area contributed by atoms with Crippen molar-refractivity contribution in [3.8, 4) is 0 Å². The zero-order valence-electron chi connectivity index (χ0n) is 11.7. The fourth-order valence-corrected chi connectivity index (χ4v) is 2.70. The molecule has 1 amide bonds. The summed E-state index contributed by atoms with van der Waals surface area (Å²) < 4.78 is 1.97. The van der Waals surface area contributed by atoms with Crippen LogP contribution >= 0.6 is 0 Å². The van der Waals surface area contributed by atoms with Crippen molar-refractivity contribution in [3.05, 3.63) is 11.9 Å². The van der Waals surface area contributed by atoms with Crippen molar-refractivity contribution in [2.45, 2.75) is 51.5 Å². The predicted octanol–water partition coefficient (Wildman–Crippen LogP) is 1.98. The molecular weight excluding hydrogens is 240 g/mol. The highest BCUT2D eigenvalue weighted by molar-refractivity contribution is 5.76. The Bertz CT molecular complexity index is 464. The molecule has 1 aromatic heterocycles. The number of rotatable bonds is 4. The number of hydrogen-bond donors (Lipinski definition) is 0. The number of likely N-dealkylation sites (tertiary alicyclic amines) is 1. The van der Waals surface area contributed by atoms with Crippen molar-refractivity contribution in [1.29, 1.82) is 0 Å². The summed E-state index contributed by atoms with van der Waals surface area (Å²) in [5.74, 6) is 1.35. The average Bonchev–Trinajstić information content (AvgIpc) is 2.92. The maximum Gasteiger partial charge on any atom is 0.222 e. The molecule has 1 unspecified atom stereocenters. The Morgan fingerprint density at radius 3 is 2.89 bits per heavy atom. The zero-order valence-corrected chi connectivity index (χ0v) is 11.7. The van der Waals surface area contributed by atoms with Crippen LogP contribution in [0.2, 0.25) is 0 Å². The standard InChI is InChI=1S/C14H22N4O/c1-10(2)7-14(19)17-6-5-12(8-17)18-9-13(15-16-18)11-3-4-11/h9-12H,3-8H2,1-2H3. The van der Waals surface area contributed by atoms with Crippen LogP contribution < -0.4 is 0 Å². The molecule has 0 N–H and O–H groups in total. The van der Waals surface area contributed by atoms with Crippen molar-refractivity contribution in [1.82, 2.24) is 19.9 Å². The van der Waals surface area contributed by atoms with Gasteiger partial charge in [0.25, 0.3) is 0 Å². The molecular formula is C14H22N4O. The van der Waals surface area contributed by atoms with Gasteiger partial charge in [-0.05, 0) is 25.2 Å². The molecule has 3 rings (SSSR count). The van der Waals surface area contributed by atoms with Crippen LogP contribution in [0.15, 0.2) is 6.20 Å². The number of nitrogens with zero attached hydrogens (tertiary/aromatic N) is 4. The molecule has 2 aliphatic rings. The van der Waals surface area contributed by atoms with Crippen molar-refractivity contribution in [3.63, 3.8) is 0 Å². The largest absolute Gasteiger partial charge is 0.340 e. The topological polar surface area (TPSA) is 51.0 Å². The Labute approximate surface area is 114 Å². The second-order valence-electron chi connectivity index (χ2n) is 6.28. The highest BCUT2D eigenvalue weighted by Gasteiger charge is 2.31. The molecule has 5 nitrogen and oxygen atoms in total. The minimum absolute atomic E-state index is 0.278. The molecule has 1 aliphatic carbocycles. The summed E-state index contributed by atoms with van der Waals surface area (Å²) in [4.78, 5) is 14.0. The van der Waals surface area contributed by atoms with Crippen LogP contribution in [0.1, 0.15) is 57.2 Å². The quantitative estimate of drug-likeness (QED) is 0.833. The van der Waals surface area contributed by atoms with E-state index in [0.717, 1.165) is 25.2 Å². The molecule has 2 fully saturated rings. The van der Waals surface area contributed by atoms with Crippen LogP contribution in [0.3, 0.4) is 0 Å². The van der Waals surface area contributed by atoms with Crippen molar-refractivity contribution in [2.75, 3.05) is 13.1 Å². The van der Waals surface area contributed by atoms with Crippen molar-refractivity contribution < 1.29 is 4.79 Å². The van der Waals surface area contributed by atoms with Crippen LogP contribution in [0.5, 0.6) is 0 Å². The molecule has 2 heterocycles. The number of aromatic nitrogens is 3. The summed E-state index contributed by atoms with van der Waals surface area (Å²) in [6.45, 7) is 5.82. The minimum Gasteiger partial charge on any atom is -0.340 e. The molecule has 1 aliphatic heterocycles. The SMILES string of the molecule is CC(C)CC(=O)N1CCC(n2cc(C3CC3)nn2)C1. The van der Waals surface area contributed by atoms with Crippen LogP contribution in [0, 0.1) is 5.92 Å². The van der Waals surface area contributed by atoms with Gasteiger partial charge in [0.2, 0.25) is 5.91 Å². The highest BCUT2D eigenvalue weighted by Crippen LogP contribution is 2.39. The zero-order chi connectivity index (χ0) is 13.4. The van der Waals surface area contributed by atoms with Gasteiger partial charge in [-0.25, -0.2) is 4.68 Å². The summed E-state index contributed by atoms with van der Waals surface area (Å²) in [5, 5.41) is 8.49. The van der Waals surface area contributed by atoms with Gasteiger partial charge in [-0.2, -0.15) is 0 Å². The first-order valence-corrected chi connectivity index (χ1v) is 7.33. The van der Waals surface area contributed by atoms with Gasteiger partial charge in [-0.3, -0.25) is 4.79 Å². The summed E-state index contributed by atoms with van der Waals surface area (Å²) in [5.41, 5.74) is 1.13. The van der Waals surface area contributed by atoms with Gasteiger partial charge in [0.15, 0.2) is 0 Å². The second-order valence-corrected chi connectivity index (χ2v) is 6.28. The summed E-state index contributed by atoms with van der Waals surface area (Å²) in [6, 6.07) is 0.316. The molecule has 104 valence electrons. The fraction of sp³-hybridized carbons (Fsp3) is 0.786. The van der Waals surface area contributed by atoms with E-state index in [1.807, 2.05) is 9.58 Å². The van der Waals surface area contributed by atoms with Gasteiger partial charge >= 0.3 is 0 Å². The van der Waals surface area contributed by atoms with E-state index in [1.165, 1.54) is 12.8 Å². The normalized spacial score (nSPS) is 23.3. The van der Waals surface area contributed by atoms with E-state index < -0.39 is 0 Å². The first-order valence-electron chi connectivity index (χ1n) is 7.33. The predicted molar refractivity (Wildman–Crippen MR) is 71.7 cm³/mol. The molecule has 0 spiro atoms. The van der Waals surface area contributed by atoms with Crippen molar-refractivity contribution in [2.24, 2.45) is 5.92 Å². The van der Waals surface area contributed by atoms with Gasteiger partial charge in [-0.1, -0.05) is 19.1 Å². The molecule has 1 aromatic rings. The number of carbonyl (C=O) groups is 1. The van der Waals surface area contributed by atoms with Crippen molar-refractivity contribution >= 4 is 5.91 Å². The molecule has 1 atom stereocenters. The maximum atomic E-state index is 12.0.